The molecule has 1 saturated heterocycles. The zero-order valence-electron chi connectivity index (χ0n) is 11.1. The van der Waals surface area contributed by atoms with Gasteiger partial charge >= 0.3 is 0 Å². The molecule has 0 aliphatic carbocycles. The van der Waals surface area contributed by atoms with Gasteiger partial charge in [0.25, 0.3) is 0 Å². The molecule has 0 saturated carbocycles. The Labute approximate surface area is 117 Å². The number of carbonyl (C=O) groups is 2. The standard InChI is InChI=1S/C14H19N3O3/c15-12(7-9-1-4-11(18)5-2-9)14(20)16-8-10-3-6-13(19)17-10/h1-2,4-5,10,12,18H,3,6-8,15H2,(H,16,20)(H,17,19)/t10?,12-/m1/s1. The third-order valence-corrected chi connectivity index (χ3v) is 3.34. The molecule has 1 aromatic rings. The molecule has 0 spiro atoms. The molecule has 1 aliphatic rings. The molecule has 2 rings (SSSR count). The van der Waals surface area contributed by atoms with E-state index in [9.17, 15) is 14.7 Å². The highest BCUT2D eigenvalue weighted by molar-refractivity contribution is 5.82. The molecule has 108 valence electrons. The van der Waals surface area contributed by atoms with Crippen LogP contribution < -0.4 is 16.4 Å². The van der Waals surface area contributed by atoms with Gasteiger partial charge in [-0.3, -0.25) is 9.59 Å². The van der Waals surface area contributed by atoms with Crippen LogP contribution in [-0.2, 0) is 16.0 Å². The lowest BCUT2D eigenvalue weighted by molar-refractivity contribution is -0.123. The van der Waals surface area contributed by atoms with Gasteiger partial charge in [-0.1, -0.05) is 12.1 Å². The van der Waals surface area contributed by atoms with E-state index in [2.05, 4.69) is 10.6 Å². The number of phenolic OH excluding ortho intramolecular Hbond substituents is 1. The second kappa shape index (κ2) is 6.38. The molecular formula is C14H19N3O3. The Balaban J connectivity index is 1.77. The first-order valence-electron chi connectivity index (χ1n) is 6.65. The number of hydrogen-bond acceptors (Lipinski definition) is 4. The van der Waals surface area contributed by atoms with Crippen LogP contribution in [0.5, 0.6) is 5.75 Å². The third-order valence-electron chi connectivity index (χ3n) is 3.34. The summed E-state index contributed by atoms with van der Waals surface area (Å²) in [5, 5.41) is 14.7. The fourth-order valence-electron chi connectivity index (χ4n) is 2.16. The van der Waals surface area contributed by atoms with Gasteiger partial charge in [-0.05, 0) is 30.5 Å². The Kier molecular flexibility index (Phi) is 4.57. The smallest absolute Gasteiger partial charge is 0.237 e. The minimum absolute atomic E-state index is 0.00678. The average molecular weight is 277 g/mol. The first kappa shape index (κ1) is 14.3. The second-order valence-electron chi connectivity index (χ2n) is 5.03. The number of amides is 2. The molecule has 1 aromatic carbocycles. The van der Waals surface area contributed by atoms with E-state index in [-0.39, 0.29) is 23.6 Å². The molecule has 1 fully saturated rings. The van der Waals surface area contributed by atoms with Crippen molar-refractivity contribution in [2.75, 3.05) is 6.54 Å². The molecule has 5 N–H and O–H groups in total. The molecule has 0 radical (unpaired) electrons. The summed E-state index contributed by atoms with van der Waals surface area (Å²) in [4.78, 5) is 22.9. The van der Waals surface area contributed by atoms with Crippen LogP contribution in [0, 0.1) is 0 Å². The lowest BCUT2D eigenvalue weighted by Crippen LogP contribution is -2.46. The monoisotopic (exact) mass is 277 g/mol. The van der Waals surface area contributed by atoms with Gasteiger partial charge in [0.2, 0.25) is 11.8 Å². The number of aromatic hydroxyl groups is 1. The van der Waals surface area contributed by atoms with Gasteiger partial charge in [0.1, 0.15) is 5.75 Å². The zero-order valence-corrected chi connectivity index (χ0v) is 11.1. The van der Waals surface area contributed by atoms with Crippen molar-refractivity contribution in [3.05, 3.63) is 29.8 Å². The summed E-state index contributed by atoms with van der Waals surface area (Å²) >= 11 is 0. The molecule has 1 heterocycles. The predicted octanol–water partition coefficient (Wildman–Crippen LogP) is -0.343. The largest absolute Gasteiger partial charge is 0.508 e. The maximum atomic E-state index is 11.9. The van der Waals surface area contributed by atoms with Crippen molar-refractivity contribution in [3.63, 3.8) is 0 Å². The van der Waals surface area contributed by atoms with Crippen molar-refractivity contribution in [2.24, 2.45) is 5.73 Å². The van der Waals surface area contributed by atoms with E-state index >= 15 is 0 Å². The van der Waals surface area contributed by atoms with Crippen molar-refractivity contribution >= 4 is 11.8 Å². The first-order chi connectivity index (χ1) is 9.54. The summed E-state index contributed by atoms with van der Waals surface area (Å²) in [5.74, 6) is -0.0272. The summed E-state index contributed by atoms with van der Waals surface area (Å²) < 4.78 is 0. The fraction of sp³-hybridized carbons (Fsp3) is 0.429. The van der Waals surface area contributed by atoms with Crippen LogP contribution in [0.15, 0.2) is 24.3 Å². The molecule has 2 amide bonds. The highest BCUT2D eigenvalue weighted by Crippen LogP contribution is 2.11. The van der Waals surface area contributed by atoms with E-state index in [0.29, 0.717) is 19.4 Å². The molecular weight excluding hydrogens is 258 g/mol. The summed E-state index contributed by atoms with van der Waals surface area (Å²) in [5.41, 5.74) is 6.73. The van der Waals surface area contributed by atoms with Gasteiger partial charge in [-0.2, -0.15) is 0 Å². The number of carbonyl (C=O) groups excluding carboxylic acids is 2. The second-order valence-corrected chi connectivity index (χ2v) is 5.03. The Morgan fingerprint density at radius 2 is 2.15 bits per heavy atom. The molecule has 2 atom stereocenters. The van der Waals surface area contributed by atoms with Crippen LogP contribution in [0.3, 0.4) is 0 Å². The molecule has 1 aliphatic heterocycles. The van der Waals surface area contributed by atoms with Crippen LogP contribution in [-0.4, -0.2) is 35.5 Å². The number of hydrogen-bond donors (Lipinski definition) is 4. The maximum Gasteiger partial charge on any atom is 0.237 e. The summed E-state index contributed by atoms with van der Waals surface area (Å²) in [6.07, 6.45) is 1.66. The molecule has 6 nitrogen and oxygen atoms in total. The Hall–Kier alpha value is -2.08. The minimum Gasteiger partial charge on any atom is -0.508 e. The van der Waals surface area contributed by atoms with E-state index in [1.165, 1.54) is 0 Å². The van der Waals surface area contributed by atoms with Gasteiger partial charge in [0.15, 0.2) is 0 Å². The van der Waals surface area contributed by atoms with Crippen LogP contribution in [0.1, 0.15) is 18.4 Å². The van der Waals surface area contributed by atoms with Crippen molar-refractivity contribution in [3.8, 4) is 5.75 Å². The van der Waals surface area contributed by atoms with Gasteiger partial charge < -0.3 is 21.5 Å². The summed E-state index contributed by atoms with van der Waals surface area (Å²) in [7, 11) is 0. The lowest BCUT2D eigenvalue weighted by Gasteiger charge is -2.15. The number of nitrogens with two attached hydrogens (primary N) is 1. The van der Waals surface area contributed by atoms with Gasteiger partial charge in [-0.15, -0.1) is 0 Å². The lowest BCUT2D eigenvalue weighted by atomic mass is 10.1. The van der Waals surface area contributed by atoms with E-state index < -0.39 is 6.04 Å². The molecule has 6 heteroatoms. The normalized spacial score (nSPS) is 19.4. The molecule has 0 aromatic heterocycles. The van der Waals surface area contributed by atoms with Crippen molar-refractivity contribution in [1.82, 2.24) is 10.6 Å². The van der Waals surface area contributed by atoms with E-state index in [0.717, 1.165) is 12.0 Å². The SMILES string of the molecule is N[C@H](Cc1ccc(O)cc1)C(=O)NCC1CCC(=O)N1. The molecule has 20 heavy (non-hydrogen) atoms. The molecule has 1 unspecified atom stereocenters. The Bertz CT molecular complexity index is 487. The van der Waals surface area contributed by atoms with Crippen molar-refractivity contribution in [1.29, 1.82) is 0 Å². The topological polar surface area (TPSA) is 104 Å². The number of phenols is 1. The van der Waals surface area contributed by atoms with Crippen LogP contribution in [0.25, 0.3) is 0 Å². The average Bonchev–Trinajstić information content (AvgIpc) is 2.84. The van der Waals surface area contributed by atoms with Gasteiger partial charge in [-0.25, -0.2) is 0 Å². The Morgan fingerprint density at radius 1 is 1.45 bits per heavy atom. The summed E-state index contributed by atoms with van der Waals surface area (Å²) in [6, 6.07) is 5.96. The number of benzene rings is 1. The van der Waals surface area contributed by atoms with E-state index in [4.69, 9.17) is 5.73 Å². The van der Waals surface area contributed by atoms with Crippen LogP contribution in [0.2, 0.25) is 0 Å². The van der Waals surface area contributed by atoms with Crippen molar-refractivity contribution in [2.45, 2.75) is 31.3 Å². The van der Waals surface area contributed by atoms with Crippen molar-refractivity contribution < 1.29 is 14.7 Å². The quantitative estimate of drug-likeness (QED) is 0.591. The maximum absolute atomic E-state index is 11.9. The van der Waals surface area contributed by atoms with Gasteiger partial charge in [0.05, 0.1) is 6.04 Å². The highest BCUT2D eigenvalue weighted by atomic mass is 16.3. The highest BCUT2D eigenvalue weighted by Gasteiger charge is 2.22. The van der Waals surface area contributed by atoms with Gasteiger partial charge in [0, 0.05) is 19.0 Å². The third kappa shape index (κ3) is 3.96. The minimum atomic E-state index is -0.642. The molecule has 0 bridgehead atoms. The number of rotatable bonds is 5. The first-order valence-corrected chi connectivity index (χ1v) is 6.65. The van der Waals surface area contributed by atoms with E-state index in [1.807, 2.05) is 0 Å². The fourth-order valence-corrected chi connectivity index (χ4v) is 2.16. The Morgan fingerprint density at radius 3 is 2.75 bits per heavy atom. The van der Waals surface area contributed by atoms with Crippen LogP contribution in [0.4, 0.5) is 0 Å². The van der Waals surface area contributed by atoms with E-state index in [1.54, 1.807) is 24.3 Å². The number of nitrogens with one attached hydrogen (secondary N) is 2. The van der Waals surface area contributed by atoms with Crippen LogP contribution >= 0.6 is 0 Å². The zero-order chi connectivity index (χ0) is 14.5. The summed E-state index contributed by atoms with van der Waals surface area (Å²) in [6.45, 7) is 0.411. The predicted molar refractivity (Wildman–Crippen MR) is 74.0 cm³/mol.